The number of urea groups is 1. The van der Waals surface area contributed by atoms with Gasteiger partial charge in [0.15, 0.2) is 0 Å². The van der Waals surface area contributed by atoms with Crippen molar-refractivity contribution in [2.75, 3.05) is 38.4 Å². The number of esters is 2. The number of hydrogen-bond acceptors (Lipinski definition) is 11. The van der Waals surface area contributed by atoms with Gasteiger partial charge in [-0.3, -0.25) is 19.3 Å². The largest absolute Gasteiger partial charge is 0.491 e. The van der Waals surface area contributed by atoms with E-state index in [1.807, 2.05) is 65.6 Å². The number of aliphatic hydroxyl groups is 2. The molecule has 4 aromatic rings. The van der Waals surface area contributed by atoms with Gasteiger partial charge in [-0.15, -0.1) is 6.58 Å². The fraction of sp³-hybridized carbons (Fsp3) is 0.327. The number of aliphatic hydroxyl groups excluding tert-OH is 2. The van der Waals surface area contributed by atoms with E-state index in [2.05, 4.69) is 29.1 Å². The molecule has 14 nitrogen and oxygen atoms in total. The molecule has 63 heavy (non-hydrogen) atoms. The number of anilines is 1. The maximum Gasteiger partial charge on any atom is 0.329 e. The molecule has 4 N–H and O–H groups in total. The summed E-state index contributed by atoms with van der Waals surface area (Å²) in [6, 6.07) is 24.5. The molecular formula is C49H50N4O10. The van der Waals surface area contributed by atoms with E-state index in [1.165, 1.54) is 13.2 Å². The number of benzene rings is 4. The van der Waals surface area contributed by atoms with Crippen molar-refractivity contribution in [2.45, 2.75) is 56.0 Å². The van der Waals surface area contributed by atoms with Crippen LogP contribution in [0.25, 0.3) is 0 Å². The second-order valence-electron chi connectivity index (χ2n) is 15.8. The third kappa shape index (κ3) is 7.95. The number of fused-ring (bicyclic) bond motifs is 3. The molecule has 3 heterocycles. The fourth-order valence-corrected chi connectivity index (χ4v) is 9.28. The number of morpholine rings is 1. The topological polar surface area (TPSA) is 184 Å². The van der Waals surface area contributed by atoms with Crippen LogP contribution in [0.15, 0.2) is 116 Å². The Hall–Kier alpha value is -6.79. The molecule has 0 bridgehead atoms. The van der Waals surface area contributed by atoms with Gasteiger partial charge < -0.3 is 35.1 Å². The molecule has 7 atom stereocenters. The lowest BCUT2D eigenvalue weighted by Crippen LogP contribution is -2.57. The Balaban J connectivity index is 1.61. The van der Waals surface area contributed by atoms with Crippen molar-refractivity contribution in [1.29, 1.82) is 0 Å². The Kier molecular flexibility index (Phi) is 13.4. The van der Waals surface area contributed by atoms with Crippen molar-refractivity contribution in [3.8, 4) is 17.6 Å². The summed E-state index contributed by atoms with van der Waals surface area (Å²) in [5.74, 6) is 1.09. The van der Waals surface area contributed by atoms with Gasteiger partial charge in [0, 0.05) is 24.1 Å². The average molecular weight is 855 g/mol. The Morgan fingerprint density at radius 1 is 0.921 bits per heavy atom. The van der Waals surface area contributed by atoms with Gasteiger partial charge in [0.05, 0.1) is 44.0 Å². The number of carbonyl (C=O) groups excluding carboxylic acids is 5. The van der Waals surface area contributed by atoms with Crippen LogP contribution in [0.5, 0.6) is 5.75 Å². The molecule has 4 amide bonds. The van der Waals surface area contributed by atoms with Gasteiger partial charge in [-0.2, -0.15) is 0 Å². The van der Waals surface area contributed by atoms with Crippen LogP contribution in [0.3, 0.4) is 0 Å². The molecule has 3 aliphatic rings. The number of carbonyl (C=O) groups is 5. The summed E-state index contributed by atoms with van der Waals surface area (Å²) in [5.41, 5.74) is 0.280. The molecule has 7 rings (SSSR count). The van der Waals surface area contributed by atoms with E-state index in [4.69, 9.17) is 14.2 Å². The minimum absolute atomic E-state index is 0.0318. The van der Waals surface area contributed by atoms with Gasteiger partial charge in [-0.1, -0.05) is 111 Å². The second-order valence-corrected chi connectivity index (χ2v) is 15.8. The lowest BCUT2D eigenvalue weighted by molar-refractivity contribution is -0.178. The molecule has 326 valence electrons. The zero-order valence-corrected chi connectivity index (χ0v) is 35.2. The highest BCUT2D eigenvalue weighted by molar-refractivity contribution is 6.25. The molecule has 4 aromatic carbocycles. The first kappa shape index (κ1) is 44.3. The highest BCUT2D eigenvalue weighted by Crippen LogP contribution is 2.66. The van der Waals surface area contributed by atoms with Crippen molar-refractivity contribution >= 4 is 35.5 Å². The number of hydrogen-bond donors (Lipinski definition) is 4. The van der Waals surface area contributed by atoms with Gasteiger partial charge in [-0.05, 0) is 46.9 Å². The third-order valence-electron chi connectivity index (χ3n) is 11.8. The molecule has 14 heteroatoms. The van der Waals surface area contributed by atoms with Crippen molar-refractivity contribution in [3.05, 3.63) is 144 Å². The maximum absolute atomic E-state index is 16.4. The van der Waals surface area contributed by atoms with Gasteiger partial charge in [0.2, 0.25) is 11.8 Å². The quantitative estimate of drug-likeness (QED) is 0.0834. The third-order valence-corrected chi connectivity index (χ3v) is 11.8. The van der Waals surface area contributed by atoms with E-state index in [-0.39, 0.29) is 49.8 Å². The first-order valence-electron chi connectivity index (χ1n) is 20.8. The number of nitrogens with zero attached hydrogens (tertiary/aromatic N) is 2. The number of imide groups is 1. The van der Waals surface area contributed by atoms with E-state index < -0.39 is 77.3 Å². The zero-order valence-electron chi connectivity index (χ0n) is 35.2. The Morgan fingerprint density at radius 2 is 1.60 bits per heavy atom. The molecular weight excluding hydrogens is 805 g/mol. The van der Waals surface area contributed by atoms with Gasteiger partial charge in [-0.25, -0.2) is 14.5 Å². The van der Waals surface area contributed by atoms with Crippen LogP contribution in [-0.2, 0) is 34.1 Å². The molecule has 2 fully saturated rings. The maximum atomic E-state index is 16.4. The van der Waals surface area contributed by atoms with Crippen LogP contribution >= 0.6 is 0 Å². The minimum atomic E-state index is -2.13. The minimum Gasteiger partial charge on any atom is -0.491 e. The summed E-state index contributed by atoms with van der Waals surface area (Å²) in [5, 5.41) is 25.2. The summed E-state index contributed by atoms with van der Waals surface area (Å²) >= 11 is 0. The second kappa shape index (κ2) is 19.1. The molecule has 2 saturated heterocycles. The Morgan fingerprint density at radius 3 is 2.25 bits per heavy atom. The van der Waals surface area contributed by atoms with E-state index >= 15 is 14.4 Å². The van der Waals surface area contributed by atoms with E-state index in [0.29, 0.717) is 22.3 Å². The number of para-hydroxylation sites is 1. The van der Waals surface area contributed by atoms with Gasteiger partial charge in [0.1, 0.15) is 36.0 Å². The summed E-state index contributed by atoms with van der Waals surface area (Å²) in [4.78, 5) is 77.5. The number of nitrogens with one attached hydrogen (secondary N) is 2. The molecule has 0 unspecified atom stereocenters. The summed E-state index contributed by atoms with van der Waals surface area (Å²) in [7, 11) is 1.20. The van der Waals surface area contributed by atoms with Crippen LogP contribution in [0.2, 0.25) is 0 Å². The SMILES string of the molecule is C=CCNC(=O)[C@H]1[C@@H]2C(=O)O[C@@H](c3ccccc3)[C@@H](c3ccccc3)N2[C@@H](c2ccccc2OCCO)[C@]12C(=O)N(C(=O)N[C@H](C(=O)OC)C(C)C)c1ccc(C#CCCO)cc12. The van der Waals surface area contributed by atoms with Crippen LogP contribution in [0.4, 0.5) is 10.5 Å². The fourth-order valence-electron chi connectivity index (χ4n) is 9.28. The monoisotopic (exact) mass is 854 g/mol. The normalized spacial score (nSPS) is 22.9. The molecule has 0 aromatic heterocycles. The highest BCUT2D eigenvalue weighted by Gasteiger charge is 2.76. The molecule has 0 aliphatic carbocycles. The number of amides is 4. The van der Waals surface area contributed by atoms with E-state index in [0.717, 1.165) is 4.90 Å². The lowest BCUT2D eigenvalue weighted by Gasteiger charge is -2.46. The molecule has 1 spiro atoms. The van der Waals surface area contributed by atoms with Crippen LogP contribution in [0.1, 0.15) is 66.3 Å². The van der Waals surface area contributed by atoms with Crippen LogP contribution < -0.4 is 20.3 Å². The summed E-state index contributed by atoms with van der Waals surface area (Å²) < 4.78 is 17.7. The first-order chi connectivity index (χ1) is 30.5. The van der Waals surface area contributed by atoms with Gasteiger partial charge >= 0.3 is 18.0 Å². The van der Waals surface area contributed by atoms with E-state index in [9.17, 15) is 19.8 Å². The van der Waals surface area contributed by atoms with Crippen molar-refractivity contribution in [3.63, 3.8) is 0 Å². The predicted molar refractivity (Wildman–Crippen MR) is 232 cm³/mol. The number of methoxy groups -OCH3 is 1. The average Bonchev–Trinajstić information content (AvgIpc) is 3.75. The lowest BCUT2D eigenvalue weighted by atomic mass is 9.65. The molecule has 3 aliphatic heterocycles. The first-order valence-corrected chi connectivity index (χ1v) is 20.8. The van der Waals surface area contributed by atoms with Gasteiger partial charge in [0.25, 0.3) is 0 Å². The smallest absolute Gasteiger partial charge is 0.329 e. The summed E-state index contributed by atoms with van der Waals surface area (Å²) in [6.07, 6.45) is 0.656. The van der Waals surface area contributed by atoms with Crippen molar-refractivity contribution in [1.82, 2.24) is 15.5 Å². The molecule has 0 radical (unpaired) electrons. The highest BCUT2D eigenvalue weighted by atomic mass is 16.6. The molecule has 0 saturated carbocycles. The zero-order chi connectivity index (χ0) is 44.8. The standard InChI is InChI=1S/C49H50N4O10/c1-5-25-50-44(56)38-41-46(58)63-42(33-19-10-7-11-20-33)40(32-17-8-6-9-18-32)53(41)43(34-21-12-13-22-37(34)62-28-27-55)49(38)35-29-31(16-14-15-26-54)23-24-36(35)52(47(49)59)48(60)51-39(30(2)3)45(57)61-4/h5-13,17-24,29-30,38-43,54-55H,1,15,25-28H2,2-4H3,(H,50,56)(H,51,60)/t38-,39+,40-,41-,42+,43+,49-/m1/s1. The number of rotatable bonds is 13. The van der Waals surface area contributed by atoms with Crippen LogP contribution in [0, 0.1) is 23.7 Å². The number of cyclic esters (lactones) is 1. The summed E-state index contributed by atoms with van der Waals surface area (Å²) in [6.45, 7) is 6.51. The predicted octanol–water partition coefficient (Wildman–Crippen LogP) is 4.67. The van der Waals surface area contributed by atoms with Crippen LogP contribution in [-0.4, -0.2) is 90.5 Å². The van der Waals surface area contributed by atoms with E-state index in [1.54, 1.807) is 56.3 Å². The van der Waals surface area contributed by atoms with Crippen molar-refractivity contribution in [2.24, 2.45) is 11.8 Å². The van der Waals surface area contributed by atoms with Crippen molar-refractivity contribution < 1.29 is 48.4 Å². The Bertz CT molecular complexity index is 2430. The Labute approximate surface area is 365 Å². The number of ether oxygens (including phenoxy) is 3.